The van der Waals surface area contributed by atoms with E-state index < -0.39 is 5.97 Å². The number of carbonyl (C=O) groups is 1. The van der Waals surface area contributed by atoms with Crippen molar-refractivity contribution in [2.75, 3.05) is 0 Å². The average Bonchev–Trinajstić information content (AvgIpc) is 2.60. The number of hydrogen-bond acceptors (Lipinski definition) is 2. The molecule has 0 heterocycles. The van der Waals surface area contributed by atoms with E-state index >= 15 is 0 Å². The molecule has 0 aliphatic heterocycles. The fourth-order valence-electron chi connectivity index (χ4n) is 4.13. The molecule has 0 amide bonds. The van der Waals surface area contributed by atoms with Gasteiger partial charge in [0.15, 0.2) is 0 Å². The molecule has 0 radical (unpaired) electrons. The summed E-state index contributed by atoms with van der Waals surface area (Å²) < 4.78 is 6.21. The molecule has 2 aromatic carbocycles. The molecule has 28 heavy (non-hydrogen) atoms. The highest BCUT2D eigenvalue weighted by molar-refractivity contribution is 5.87. The van der Waals surface area contributed by atoms with Crippen LogP contribution in [0, 0.1) is 0 Å². The summed E-state index contributed by atoms with van der Waals surface area (Å²) in [5.41, 5.74) is 5.66. The number of hydrogen-bond donors (Lipinski definition) is 1. The summed E-state index contributed by atoms with van der Waals surface area (Å²) in [4.78, 5) is 11.1. The van der Waals surface area contributed by atoms with Gasteiger partial charge in [0.1, 0.15) is 5.75 Å². The number of fused-ring (bicyclic) bond motifs is 1. The first-order valence-electron chi connectivity index (χ1n) is 10.2. The minimum Gasteiger partial charge on any atom is -0.491 e. The lowest BCUT2D eigenvalue weighted by Crippen LogP contribution is -2.34. The first kappa shape index (κ1) is 20.4. The molecule has 0 spiro atoms. The van der Waals surface area contributed by atoms with Crippen molar-refractivity contribution in [3.63, 3.8) is 0 Å². The van der Waals surface area contributed by atoms with Gasteiger partial charge in [0.25, 0.3) is 0 Å². The van der Waals surface area contributed by atoms with Crippen molar-refractivity contribution in [1.82, 2.24) is 0 Å². The SMILES string of the molecule is CC(C)Oc1cc2c(cc1Cc1ccc(C(=O)O)cc1)C(C)(C)CCC2(C)C. The Morgan fingerprint density at radius 3 is 2.04 bits per heavy atom. The van der Waals surface area contributed by atoms with Crippen LogP contribution < -0.4 is 4.74 Å². The molecular formula is C25H32O3. The first-order chi connectivity index (χ1) is 13.0. The lowest BCUT2D eigenvalue weighted by Gasteiger charge is -2.42. The molecule has 0 atom stereocenters. The van der Waals surface area contributed by atoms with E-state index in [0.717, 1.165) is 17.7 Å². The van der Waals surface area contributed by atoms with E-state index in [-0.39, 0.29) is 16.9 Å². The van der Waals surface area contributed by atoms with E-state index in [0.29, 0.717) is 5.56 Å². The van der Waals surface area contributed by atoms with E-state index in [1.807, 2.05) is 12.1 Å². The molecule has 0 bridgehead atoms. The summed E-state index contributed by atoms with van der Waals surface area (Å²) in [6.07, 6.45) is 3.17. The zero-order chi connectivity index (χ0) is 20.7. The van der Waals surface area contributed by atoms with E-state index in [2.05, 4.69) is 53.7 Å². The van der Waals surface area contributed by atoms with Crippen molar-refractivity contribution in [3.8, 4) is 5.75 Å². The van der Waals surface area contributed by atoms with Crippen LogP contribution in [0.5, 0.6) is 5.75 Å². The number of aromatic carboxylic acids is 1. The summed E-state index contributed by atoms with van der Waals surface area (Å²) in [6, 6.07) is 11.7. The summed E-state index contributed by atoms with van der Waals surface area (Å²) in [5.74, 6) is 0.0509. The molecule has 2 aromatic rings. The van der Waals surface area contributed by atoms with Crippen LogP contribution in [0.3, 0.4) is 0 Å². The number of carboxylic acid groups (broad SMARTS) is 1. The molecule has 0 unspecified atom stereocenters. The van der Waals surface area contributed by atoms with E-state index in [4.69, 9.17) is 9.84 Å². The molecule has 0 saturated carbocycles. The number of rotatable bonds is 5. The Balaban J connectivity index is 2.07. The van der Waals surface area contributed by atoms with Crippen molar-refractivity contribution >= 4 is 5.97 Å². The molecule has 0 fully saturated rings. The van der Waals surface area contributed by atoms with Gasteiger partial charge in [-0.2, -0.15) is 0 Å². The number of ether oxygens (including phenoxy) is 1. The van der Waals surface area contributed by atoms with Crippen LogP contribution in [0.4, 0.5) is 0 Å². The van der Waals surface area contributed by atoms with Crippen LogP contribution in [0.25, 0.3) is 0 Å². The molecule has 3 heteroatoms. The predicted octanol–water partition coefficient (Wildman–Crippen LogP) is 6.11. The highest BCUT2D eigenvalue weighted by Gasteiger charge is 2.38. The van der Waals surface area contributed by atoms with Gasteiger partial charge in [-0.05, 0) is 78.0 Å². The maximum atomic E-state index is 11.1. The molecule has 3 nitrogen and oxygen atoms in total. The van der Waals surface area contributed by atoms with Crippen LogP contribution in [-0.2, 0) is 17.3 Å². The zero-order valence-electron chi connectivity index (χ0n) is 17.9. The monoisotopic (exact) mass is 380 g/mol. The third-order valence-corrected chi connectivity index (χ3v) is 5.99. The number of carboxylic acids is 1. The van der Waals surface area contributed by atoms with E-state index in [9.17, 15) is 4.79 Å². The van der Waals surface area contributed by atoms with Crippen LogP contribution in [-0.4, -0.2) is 17.2 Å². The third kappa shape index (κ3) is 4.09. The van der Waals surface area contributed by atoms with Crippen LogP contribution in [0.2, 0.25) is 0 Å². The minimum absolute atomic E-state index is 0.103. The Morgan fingerprint density at radius 1 is 1.00 bits per heavy atom. The van der Waals surface area contributed by atoms with Crippen molar-refractivity contribution in [2.24, 2.45) is 0 Å². The van der Waals surface area contributed by atoms with Crippen LogP contribution in [0.1, 0.15) is 87.0 Å². The fraction of sp³-hybridized carbons (Fsp3) is 0.480. The van der Waals surface area contributed by atoms with E-state index in [1.54, 1.807) is 12.1 Å². The van der Waals surface area contributed by atoms with Crippen molar-refractivity contribution < 1.29 is 14.6 Å². The van der Waals surface area contributed by atoms with Gasteiger partial charge in [-0.3, -0.25) is 0 Å². The summed E-state index contributed by atoms with van der Waals surface area (Å²) >= 11 is 0. The molecule has 3 rings (SSSR count). The quantitative estimate of drug-likeness (QED) is 0.680. The standard InChI is InChI=1S/C25H32O3/c1-16(2)28-22-15-21-20(24(3,4)11-12-25(21,5)6)14-19(22)13-17-7-9-18(10-8-17)23(26)27/h7-10,14-16H,11-13H2,1-6H3,(H,26,27). The molecule has 1 aliphatic carbocycles. The first-order valence-corrected chi connectivity index (χ1v) is 10.2. The highest BCUT2D eigenvalue weighted by Crippen LogP contribution is 2.48. The van der Waals surface area contributed by atoms with Gasteiger partial charge in [-0.25, -0.2) is 4.79 Å². The molecule has 1 N–H and O–H groups in total. The maximum Gasteiger partial charge on any atom is 0.335 e. The summed E-state index contributed by atoms with van der Waals surface area (Å²) in [6.45, 7) is 13.4. The summed E-state index contributed by atoms with van der Waals surface area (Å²) in [7, 11) is 0. The van der Waals surface area contributed by atoms with Gasteiger partial charge >= 0.3 is 5.97 Å². The Bertz CT molecular complexity index is 873. The normalized spacial score (nSPS) is 17.2. The van der Waals surface area contributed by atoms with Crippen molar-refractivity contribution in [1.29, 1.82) is 0 Å². The highest BCUT2D eigenvalue weighted by atomic mass is 16.5. The molecular weight excluding hydrogens is 348 g/mol. The smallest absolute Gasteiger partial charge is 0.335 e. The van der Waals surface area contributed by atoms with E-state index in [1.165, 1.54) is 29.5 Å². The Morgan fingerprint density at radius 2 is 1.54 bits per heavy atom. The van der Waals surface area contributed by atoms with Gasteiger partial charge in [0.05, 0.1) is 11.7 Å². The Labute approximate surface area is 168 Å². The molecule has 1 aliphatic rings. The minimum atomic E-state index is -0.895. The second kappa shape index (κ2) is 7.27. The Kier molecular flexibility index (Phi) is 5.31. The van der Waals surface area contributed by atoms with Crippen molar-refractivity contribution in [3.05, 3.63) is 64.2 Å². The zero-order valence-corrected chi connectivity index (χ0v) is 17.9. The maximum absolute atomic E-state index is 11.1. The predicted molar refractivity (Wildman–Crippen MR) is 114 cm³/mol. The van der Waals surface area contributed by atoms with Gasteiger partial charge in [0.2, 0.25) is 0 Å². The largest absolute Gasteiger partial charge is 0.491 e. The van der Waals surface area contributed by atoms with Gasteiger partial charge in [-0.1, -0.05) is 45.9 Å². The third-order valence-electron chi connectivity index (χ3n) is 5.99. The van der Waals surface area contributed by atoms with Gasteiger partial charge < -0.3 is 9.84 Å². The lowest BCUT2D eigenvalue weighted by molar-refractivity contribution is 0.0697. The van der Waals surface area contributed by atoms with Crippen molar-refractivity contribution in [2.45, 2.75) is 77.7 Å². The molecule has 0 aromatic heterocycles. The fourth-order valence-corrected chi connectivity index (χ4v) is 4.13. The number of benzene rings is 2. The average molecular weight is 381 g/mol. The van der Waals surface area contributed by atoms with Crippen LogP contribution >= 0.6 is 0 Å². The second-order valence-electron chi connectivity index (χ2n) is 9.62. The summed E-state index contributed by atoms with van der Waals surface area (Å²) in [5, 5.41) is 9.13. The van der Waals surface area contributed by atoms with Crippen LogP contribution in [0.15, 0.2) is 36.4 Å². The van der Waals surface area contributed by atoms with Gasteiger partial charge in [-0.15, -0.1) is 0 Å². The molecule has 0 saturated heterocycles. The lowest BCUT2D eigenvalue weighted by atomic mass is 9.63. The second-order valence-corrected chi connectivity index (χ2v) is 9.62. The topological polar surface area (TPSA) is 46.5 Å². The Hall–Kier alpha value is -2.29. The molecule has 150 valence electrons. The van der Waals surface area contributed by atoms with Gasteiger partial charge in [0, 0.05) is 6.42 Å².